The Kier molecular flexibility index (Phi) is 2.49. The summed E-state index contributed by atoms with van der Waals surface area (Å²) in [7, 11) is 0. The molecule has 0 N–H and O–H groups in total. The SMILES string of the molecule is [2H]C([2H])(CC=C)[C@]([2H])(C)OC(C)=O. The quantitative estimate of drug-likeness (QED) is 0.446. The maximum Gasteiger partial charge on any atom is 0.302 e. The average molecular weight is 145 g/mol. The molecule has 2 heteroatoms. The molecule has 0 saturated carbocycles. The van der Waals surface area contributed by atoms with Crippen molar-refractivity contribution in [3.63, 3.8) is 0 Å². The van der Waals surface area contributed by atoms with Crippen LogP contribution in [0.2, 0.25) is 0 Å². The van der Waals surface area contributed by atoms with Crippen molar-refractivity contribution in [2.45, 2.75) is 32.7 Å². The Balaban J connectivity index is 4.58. The molecular formula is C8H14O2. The fourth-order valence-corrected chi connectivity index (χ4v) is 0.468. The van der Waals surface area contributed by atoms with Crippen LogP contribution in [0.4, 0.5) is 0 Å². The predicted molar refractivity (Wildman–Crippen MR) is 40.7 cm³/mol. The minimum absolute atomic E-state index is 0.0275. The molecule has 0 aromatic rings. The van der Waals surface area contributed by atoms with Crippen molar-refractivity contribution in [2.75, 3.05) is 0 Å². The molecule has 0 fully saturated rings. The molecule has 0 aromatic heterocycles. The molecule has 0 aliphatic carbocycles. The van der Waals surface area contributed by atoms with Crippen LogP contribution in [0.1, 0.15) is 30.8 Å². The van der Waals surface area contributed by atoms with Gasteiger partial charge in [-0.3, -0.25) is 4.79 Å². The fourth-order valence-electron chi connectivity index (χ4n) is 0.468. The smallest absolute Gasteiger partial charge is 0.302 e. The maximum absolute atomic E-state index is 10.6. The molecule has 0 radical (unpaired) electrons. The summed E-state index contributed by atoms with van der Waals surface area (Å²) in [6.07, 6.45) is -2.45. The summed E-state index contributed by atoms with van der Waals surface area (Å²) in [5.74, 6) is -0.662. The zero-order valence-electron chi connectivity index (χ0n) is 9.31. The van der Waals surface area contributed by atoms with Gasteiger partial charge in [0.15, 0.2) is 0 Å². The molecule has 0 amide bonds. The number of rotatable bonds is 4. The van der Waals surface area contributed by atoms with E-state index in [4.69, 9.17) is 4.11 Å². The van der Waals surface area contributed by atoms with Crippen LogP contribution in [0.5, 0.6) is 0 Å². The second-order valence-electron chi connectivity index (χ2n) is 1.82. The monoisotopic (exact) mass is 145 g/mol. The first-order valence-corrected chi connectivity index (χ1v) is 3.03. The molecular weight excluding hydrogens is 128 g/mol. The topological polar surface area (TPSA) is 26.3 Å². The number of carbonyl (C=O) groups is 1. The normalized spacial score (nSPS) is 21.2. The molecule has 0 aromatic carbocycles. The van der Waals surface area contributed by atoms with E-state index in [1.165, 1.54) is 13.0 Å². The van der Waals surface area contributed by atoms with Gasteiger partial charge in [-0.05, 0) is 19.7 Å². The molecule has 10 heavy (non-hydrogen) atoms. The van der Waals surface area contributed by atoms with Crippen molar-refractivity contribution >= 4 is 5.97 Å². The van der Waals surface area contributed by atoms with E-state index >= 15 is 0 Å². The van der Waals surface area contributed by atoms with Crippen LogP contribution in [0.3, 0.4) is 0 Å². The number of hydrogen-bond acceptors (Lipinski definition) is 2. The Bertz CT molecular complexity index is 211. The van der Waals surface area contributed by atoms with Crippen molar-refractivity contribution < 1.29 is 13.6 Å². The highest BCUT2D eigenvalue weighted by atomic mass is 16.5. The molecule has 58 valence electrons. The number of esters is 1. The third-order valence-electron chi connectivity index (χ3n) is 0.792. The molecule has 0 rings (SSSR count). The van der Waals surface area contributed by atoms with E-state index in [0.717, 1.165) is 6.92 Å². The van der Waals surface area contributed by atoms with Gasteiger partial charge in [-0.25, -0.2) is 0 Å². The first-order chi connectivity index (χ1) is 5.73. The van der Waals surface area contributed by atoms with Crippen molar-refractivity contribution in [1.82, 2.24) is 0 Å². The minimum atomic E-state index is -1.92. The van der Waals surface area contributed by atoms with Crippen LogP contribution in [0.25, 0.3) is 0 Å². The largest absolute Gasteiger partial charge is 0.463 e. The predicted octanol–water partition coefficient (Wildman–Crippen LogP) is 1.90. The average Bonchev–Trinajstić information content (AvgIpc) is 1.82. The van der Waals surface area contributed by atoms with Gasteiger partial charge >= 0.3 is 5.97 Å². The van der Waals surface area contributed by atoms with E-state index in [1.54, 1.807) is 0 Å². The van der Waals surface area contributed by atoms with Gasteiger partial charge in [0.05, 0.1) is 7.45 Å². The number of ether oxygens (including phenoxy) is 1. The maximum atomic E-state index is 10.6. The van der Waals surface area contributed by atoms with Crippen molar-refractivity contribution in [1.29, 1.82) is 0 Å². The molecule has 0 bridgehead atoms. The highest BCUT2D eigenvalue weighted by Gasteiger charge is 2.02. The number of allylic oxidation sites excluding steroid dienone is 1. The van der Waals surface area contributed by atoms with Crippen molar-refractivity contribution in [3.05, 3.63) is 12.7 Å². The lowest BCUT2D eigenvalue weighted by molar-refractivity contribution is -0.145. The van der Waals surface area contributed by atoms with Gasteiger partial charge in [0.1, 0.15) is 0 Å². The van der Waals surface area contributed by atoms with Gasteiger partial charge in [0.25, 0.3) is 0 Å². The van der Waals surface area contributed by atoms with E-state index in [0.29, 0.717) is 0 Å². The van der Waals surface area contributed by atoms with Crippen LogP contribution in [0.15, 0.2) is 12.7 Å². The van der Waals surface area contributed by atoms with Crippen LogP contribution in [0, 0.1) is 0 Å². The standard InChI is InChI=1S/C8H14O2/c1-4-5-6-7(2)10-8(3)9/h4,7H,1,5-6H2,2-3H3/t7-/m0/s1/i6D2,7D. The summed E-state index contributed by atoms with van der Waals surface area (Å²) in [5.41, 5.74) is 0. The Morgan fingerprint density at radius 3 is 3.10 bits per heavy atom. The summed E-state index contributed by atoms with van der Waals surface area (Å²) >= 11 is 0. The van der Waals surface area contributed by atoms with E-state index in [2.05, 4.69) is 11.3 Å². The van der Waals surface area contributed by atoms with Crippen LogP contribution in [-0.2, 0) is 9.53 Å². The minimum Gasteiger partial charge on any atom is -0.463 e. The molecule has 0 unspecified atom stereocenters. The molecule has 0 spiro atoms. The van der Waals surface area contributed by atoms with E-state index in [-0.39, 0.29) is 6.42 Å². The van der Waals surface area contributed by atoms with Gasteiger partial charge in [-0.1, -0.05) is 6.08 Å². The third kappa shape index (κ3) is 5.35. The Hall–Kier alpha value is -0.790. The molecule has 0 heterocycles. The third-order valence-corrected chi connectivity index (χ3v) is 0.792. The lowest BCUT2D eigenvalue weighted by Crippen LogP contribution is -2.11. The lowest BCUT2D eigenvalue weighted by Gasteiger charge is -2.09. The summed E-state index contributed by atoms with van der Waals surface area (Å²) in [5, 5.41) is 0. The Labute approximate surface area is 66.1 Å². The fraction of sp³-hybridized carbons (Fsp3) is 0.625. The Morgan fingerprint density at radius 2 is 2.70 bits per heavy atom. The van der Waals surface area contributed by atoms with Gasteiger partial charge in [-0.15, -0.1) is 6.58 Å². The number of carbonyl (C=O) groups excluding carboxylic acids is 1. The summed E-state index contributed by atoms with van der Waals surface area (Å²) < 4.78 is 27.0. The van der Waals surface area contributed by atoms with Gasteiger partial charge in [0.2, 0.25) is 0 Å². The first-order valence-electron chi connectivity index (χ1n) is 4.53. The van der Waals surface area contributed by atoms with Crippen molar-refractivity contribution in [3.8, 4) is 0 Å². The highest BCUT2D eigenvalue weighted by molar-refractivity contribution is 5.66. The number of hydrogen-bond donors (Lipinski definition) is 0. The Morgan fingerprint density at radius 1 is 2.10 bits per heavy atom. The van der Waals surface area contributed by atoms with Crippen LogP contribution < -0.4 is 0 Å². The highest BCUT2D eigenvalue weighted by Crippen LogP contribution is 2.01. The molecule has 0 aliphatic rings. The molecule has 1 atom stereocenters. The zero-order valence-corrected chi connectivity index (χ0v) is 6.31. The molecule has 0 aliphatic heterocycles. The van der Waals surface area contributed by atoms with Gasteiger partial charge in [-0.2, -0.15) is 0 Å². The molecule has 0 saturated heterocycles. The summed E-state index contributed by atoms with van der Waals surface area (Å²) in [6.45, 7) is 5.74. The van der Waals surface area contributed by atoms with E-state index in [9.17, 15) is 4.79 Å². The zero-order chi connectivity index (χ0) is 10.7. The molecule has 2 nitrogen and oxygen atoms in total. The van der Waals surface area contributed by atoms with E-state index < -0.39 is 18.4 Å². The first kappa shape index (κ1) is 4.94. The van der Waals surface area contributed by atoms with Crippen LogP contribution in [-0.4, -0.2) is 12.0 Å². The second-order valence-corrected chi connectivity index (χ2v) is 1.82. The second kappa shape index (κ2) is 5.03. The summed E-state index contributed by atoms with van der Waals surface area (Å²) in [4.78, 5) is 10.6. The lowest BCUT2D eigenvalue weighted by atomic mass is 10.2. The summed E-state index contributed by atoms with van der Waals surface area (Å²) in [6, 6.07) is 0. The van der Waals surface area contributed by atoms with Gasteiger partial charge < -0.3 is 4.74 Å². The van der Waals surface area contributed by atoms with Gasteiger partial charge in [0, 0.05) is 9.67 Å². The van der Waals surface area contributed by atoms with Crippen molar-refractivity contribution in [2.24, 2.45) is 0 Å². The van der Waals surface area contributed by atoms with E-state index in [1.807, 2.05) is 0 Å². The van der Waals surface area contributed by atoms with Crippen LogP contribution >= 0.6 is 0 Å².